The molecule has 0 bridgehead atoms. The van der Waals surface area contributed by atoms with Gasteiger partial charge >= 0.3 is 0 Å². The van der Waals surface area contributed by atoms with Crippen LogP contribution in [0.3, 0.4) is 0 Å². The summed E-state index contributed by atoms with van der Waals surface area (Å²) < 4.78 is 1.20. The van der Waals surface area contributed by atoms with Gasteiger partial charge in [0.1, 0.15) is 0 Å². The maximum Gasteiger partial charge on any atom is 0.184 e. The monoisotopic (exact) mass is 302 g/mol. The SMILES string of the molecule is Cc1ccc2sc(NC(C)c3cccc(Cl)c3)nc2c1. The highest BCUT2D eigenvalue weighted by Crippen LogP contribution is 2.29. The van der Waals surface area contributed by atoms with Crippen LogP contribution in [0, 0.1) is 6.92 Å². The zero-order valence-electron chi connectivity index (χ0n) is 11.4. The Morgan fingerprint density at radius 2 is 2.05 bits per heavy atom. The molecule has 1 heterocycles. The van der Waals surface area contributed by atoms with E-state index in [2.05, 4.69) is 48.4 Å². The minimum atomic E-state index is 0.176. The van der Waals surface area contributed by atoms with Crippen LogP contribution in [0.5, 0.6) is 0 Å². The maximum atomic E-state index is 6.03. The summed E-state index contributed by atoms with van der Waals surface area (Å²) in [5.74, 6) is 0. The third kappa shape index (κ3) is 2.79. The lowest BCUT2D eigenvalue weighted by molar-refractivity contribution is 0.883. The molecule has 0 spiro atoms. The van der Waals surface area contributed by atoms with Gasteiger partial charge in [-0.1, -0.05) is 41.1 Å². The highest BCUT2D eigenvalue weighted by molar-refractivity contribution is 7.22. The number of benzene rings is 2. The Kier molecular flexibility index (Phi) is 3.64. The zero-order chi connectivity index (χ0) is 14.1. The van der Waals surface area contributed by atoms with E-state index >= 15 is 0 Å². The first-order valence-corrected chi connectivity index (χ1v) is 7.70. The molecule has 2 aromatic carbocycles. The van der Waals surface area contributed by atoms with E-state index < -0.39 is 0 Å². The van der Waals surface area contributed by atoms with Crippen LogP contribution < -0.4 is 5.32 Å². The predicted octanol–water partition coefficient (Wildman–Crippen LogP) is 5.43. The fraction of sp³-hybridized carbons (Fsp3) is 0.188. The van der Waals surface area contributed by atoms with E-state index in [1.54, 1.807) is 11.3 Å². The molecule has 0 aliphatic carbocycles. The van der Waals surface area contributed by atoms with Crippen molar-refractivity contribution in [1.29, 1.82) is 0 Å². The third-order valence-corrected chi connectivity index (χ3v) is 4.43. The molecule has 102 valence electrons. The molecule has 0 aliphatic heterocycles. The van der Waals surface area contributed by atoms with Gasteiger partial charge < -0.3 is 5.32 Å². The minimum absolute atomic E-state index is 0.176. The number of hydrogen-bond donors (Lipinski definition) is 1. The molecule has 0 saturated carbocycles. The lowest BCUT2D eigenvalue weighted by atomic mass is 10.1. The van der Waals surface area contributed by atoms with Crippen molar-refractivity contribution >= 4 is 38.3 Å². The molecule has 1 unspecified atom stereocenters. The van der Waals surface area contributed by atoms with Gasteiger partial charge in [0.05, 0.1) is 16.3 Å². The van der Waals surface area contributed by atoms with Gasteiger partial charge in [0.15, 0.2) is 5.13 Å². The second-order valence-corrected chi connectivity index (χ2v) is 6.38. The topological polar surface area (TPSA) is 24.9 Å². The summed E-state index contributed by atoms with van der Waals surface area (Å²) in [6.45, 7) is 4.20. The predicted molar refractivity (Wildman–Crippen MR) is 87.8 cm³/mol. The average Bonchev–Trinajstić information content (AvgIpc) is 2.80. The molecule has 1 atom stereocenters. The number of nitrogens with one attached hydrogen (secondary N) is 1. The zero-order valence-corrected chi connectivity index (χ0v) is 12.9. The first kappa shape index (κ1) is 13.4. The highest BCUT2D eigenvalue weighted by Gasteiger charge is 2.09. The standard InChI is InChI=1S/C16H15ClN2S/c1-10-6-7-15-14(8-10)19-16(20-15)18-11(2)12-4-3-5-13(17)9-12/h3-9,11H,1-2H3,(H,18,19). The molecule has 0 amide bonds. The van der Waals surface area contributed by atoms with Gasteiger partial charge in [0.25, 0.3) is 0 Å². The summed E-state index contributed by atoms with van der Waals surface area (Å²) in [6.07, 6.45) is 0. The number of halogens is 1. The van der Waals surface area contributed by atoms with E-state index in [1.165, 1.54) is 10.3 Å². The van der Waals surface area contributed by atoms with E-state index in [1.807, 2.05) is 18.2 Å². The molecule has 0 saturated heterocycles. The maximum absolute atomic E-state index is 6.03. The number of nitrogens with zero attached hydrogens (tertiary/aromatic N) is 1. The van der Waals surface area contributed by atoms with E-state index in [9.17, 15) is 0 Å². The summed E-state index contributed by atoms with van der Waals surface area (Å²) in [5.41, 5.74) is 3.45. The second kappa shape index (κ2) is 5.43. The largest absolute Gasteiger partial charge is 0.355 e. The highest BCUT2D eigenvalue weighted by atomic mass is 35.5. The summed E-state index contributed by atoms with van der Waals surface area (Å²) in [6, 6.07) is 14.4. The molecule has 0 radical (unpaired) electrons. The van der Waals surface area contributed by atoms with E-state index in [0.717, 1.165) is 21.2 Å². The number of aromatic nitrogens is 1. The van der Waals surface area contributed by atoms with Crippen LogP contribution in [-0.2, 0) is 0 Å². The summed E-state index contributed by atoms with van der Waals surface area (Å²) in [5, 5.41) is 5.15. The van der Waals surface area contributed by atoms with Gasteiger partial charge in [-0.15, -0.1) is 0 Å². The first-order chi connectivity index (χ1) is 9.61. The fourth-order valence-electron chi connectivity index (χ4n) is 2.14. The Bertz CT molecular complexity index is 751. The molecule has 3 rings (SSSR count). The number of rotatable bonds is 3. The number of hydrogen-bond acceptors (Lipinski definition) is 3. The van der Waals surface area contributed by atoms with Gasteiger partial charge in [-0.25, -0.2) is 4.98 Å². The fourth-order valence-corrected chi connectivity index (χ4v) is 3.28. The molecule has 1 aromatic heterocycles. The molecule has 2 nitrogen and oxygen atoms in total. The van der Waals surface area contributed by atoms with Crippen LogP contribution in [0.25, 0.3) is 10.2 Å². The third-order valence-electron chi connectivity index (χ3n) is 3.23. The van der Waals surface area contributed by atoms with Gasteiger partial charge in [-0.05, 0) is 49.2 Å². The second-order valence-electron chi connectivity index (χ2n) is 4.91. The van der Waals surface area contributed by atoms with Crippen molar-refractivity contribution in [3.63, 3.8) is 0 Å². The van der Waals surface area contributed by atoms with Crippen molar-refractivity contribution in [1.82, 2.24) is 4.98 Å². The van der Waals surface area contributed by atoms with Crippen molar-refractivity contribution in [2.24, 2.45) is 0 Å². The van der Waals surface area contributed by atoms with Crippen molar-refractivity contribution < 1.29 is 0 Å². The molecule has 0 fully saturated rings. The number of aryl methyl sites for hydroxylation is 1. The number of anilines is 1. The molecular weight excluding hydrogens is 288 g/mol. The Morgan fingerprint density at radius 1 is 1.20 bits per heavy atom. The molecule has 0 aliphatic rings. The normalized spacial score (nSPS) is 12.6. The van der Waals surface area contributed by atoms with Crippen LogP contribution in [0.1, 0.15) is 24.1 Å². The van der Waals surface area contributed by atoms with Crippen molar-refractivity contribution in [2.75, 3.05) is 5.32 Å². The van der Waals surface area contributed by atoms with Gasteiger partial charge in [-0.2, -0.15) is 0 Å². The lowest BCUT2D eigenvalue weighted by Gasteiger charge is -2.13. The average molecular weight is 303 g/mol. The van der Waals surface area contributed by atoms with Crippen molar-refractivity contribution in [3.8, 4) is 0 Å². The smallest absolute Gasteiger partial charge is 0.184 e. The van der Waals surface area contributed by atoms with Crippen molar-refractivity contribution in [2.45, 2.75) is 19.9 Å². The Hall–Kier alpha value is -1.58. The minimum Gasteiger partial charge on any atom is -0.355 e. The number of fused-ring (bicyclic) bond motifs is 1. The quantitative estimate of drug-likeness (QED) is 0.697. The number of thiazole rings is 1. The van der Waals surface area contributed by atoms with Crippen LogP contribution in [0.4, 0.5) is 5.13 Å². The van der Waals surface area contributed by atoms with E-state index in [0.29, 0.717) is 0 Å². The van der Waals surface area contributed by atoms with Crippen LogP contribution in [0.2, 0.25) is 5.02 Å². The molecular formula is C16H15ClN2S. The Labute approximate surface area is 127 Å². The van der Waals surface area contributed by atoms with Gasteiger partial charge in [0.2, 0.25) is 0 Å². The lowest BCUT2D eigenvalue weighted by Crippen LogP contribution is -2.05. The first-order valence-electron chi connectivity index (χ1n) is 6.51. The van der Waals surface area contributed by atoms with Crippen LogP contribution >= 0.6 is 22.9 Å². The van der Waals surface area contributed by atoms with Gasteiger partial charge in [-0.3, -0.25) is 0 Å². The Morgan fingerprint density at radius 3 is 2.85 bits per heavy atom. The van der Waals surface area contributed by atoms with Crippen LogP contribution in [-0.4, -0.2) is 4.98 Å². The van der Waals surface area contributed by atoms with Crippen LogP contribution in [0.15, 0.2) is 42.5 Å². The molecule has 4 heteroatoms. The van der Waals surface area contributed by atoms with Gasteiger partial charge in [0, 0.05) is 5.02 Å². The van der Waals surface area contributed by atoms with E-state index in [4.69, 9.17) is 11.6 Å². The summed E-state index contributed by atoms with van der Waals surface area (Å²) in [7, 11) is 0. The summed E-state index contributed by atoms with van der Waals surface area (Å²) >= 11 is 7.71. The molecule has 1 N–H and O–H groups in total. The molecule has 20 heavy (non-hydrogen) atoms. The van der Waals surface area contributed by atoms with E-state index in [-0.39, 0.29) is 6.04 Å². The molecule has 3 aromatic rings. The Balaban J connectivity index is 1.85. The summed E-state index contributed by atoms with van der Waals surface area (Å²) in [4.78, 5) is 4.64. The van der Waals surface area contributed by atoms with Crippen molar-refractivity contribution in [3.05, 3.63) is 58.6 Å².